The van der Waals surface area contributed by atoms with Crippen LogP contribution in [0, 0.1) is 11.8 Å². The molecule has 2 atom stereocenters. The average molecular weight is 219 g/mol. The van der Waals surface area contributed by atoms with E-state index in [2.05, 4.69) is 30.1 Å². The zero-order chi connectivity index (χ0) is 11.4. The molecule has 1 fully saturated rings. The molecule has 2 aliphatic rings. The molecule has 2 heteroatoms. The van der Waals surface area contributed by atoms with Gasteiger partial charge in [0, 0.05) is 6.04 Å². The lowest BCUT2D eigenvalue weighted by atomic mass is 9.92. The van der Waals surface area contributed by atoms with Crippen LogP contribution in [0.3, 0.4) is 0 Å². The van der Waals surface area contributed by atoms with Crippen molar-refractivity contribution in [1.82, 2.24) is 5.32 Å². The van der Waals surface area contributed by atoms with Crippen LogP contribution in [0.1, 0.15) is 19.3 Å². The van der Waals surface area contributed by atoms with Crippen LogP contribution in [0.5, 0.6) is 0 Å². The number of hydrogen-bond acceptors (Lipinski definition) is 2. The molecule has 16 heavy (non-hydrogen) atoms. The summed E-state index contributed by atoms with van der Waals surface area (Å²) in [6.45, 7) is 5.07. The molecule has 0 heterocycles. The Hall–Kier alpha value is -1.02. The van der Waals surface area contributed by atoms with E-state index < -0.39 is 0 Å². The van der Waals surface area contributed by atoms with Gasteiger partial charge in [-0.15, -0.1) is 6.58 Å². The second-order valence-corrected chi connectivity index (χ2v) is 4.68. The van der Waals surface area contributed by atoms with Gasteiger partial charge in [0.1, 0.15) is 5.76 Å². The SMILES string of the molecule is C=CC(NCC1CC1)[C@H]1C=CC(OC)=CC1. The molecule has 1 saturated carbocycles. The summed E-state index contributed by atoms with van der Waals surface area (Å²) >= 11 is 0. The van der Waals surface area contributed by atoms with Crippen molar-refractivity contribution in [1.29, 1.82) is 0 Å². The number of methoxy groups -OCH3 is 1. The summed E-state index contributed by atoms with van der Waals surface area (Å²) in [5, 5.41) is 3.59. The third-order valence-electron chi connectivity index (χ3n) is 3.39. The number of allylic oxidation sites excluding steroid dienone is 2. The first kappa shape index (κ1) is 11.5. The molecule has 0 aliphatic heterocycles. The predicted molar refractivity (Wildman–Crippen MR) is 67.1 cm³/mol. The Morgan fingerprint density at radius 1 is 1.62 bits per heavy atom. The van der Waals surface area contributed by atoms with Crippen LogP contribution in [0.4, 0.5) is 0 Å². The quantitative estimate of drug-likeness (QED) is 0.693. The molecule has 0 bridgehead atoms. The van der Waals surface area contributed by atoms with Crippen molar-refractivity contribution < 1.29 is 4.74 Å². The summed E-state index contributed by atoms with van der Waals surface area (Å²) in [6.07, 6.45) is 12.3. The summed E-state index contributed by atoms with van der Waals surface area (Å²) in [5.41, 5.74) is 0. The lowest BCUT2D eigenvalue weighted by molar-refractivity contribution is 0.299. The molecule has 2 nitrogen and oxygen atoms in total. The van der Waals surface area contributed by atoms with Crippen molar-refractivity contribution in [2.24, 2.45) is 11.8 Å². The first-order valence-electron chi connectivity index (χ1n) is 6.11. The highest BCUT2D eigenvalue weighted by molar-refractivity contribution is 5.20. The van der Waals surface area contributed by atoms with Crippen LogP contribution in [-0.4, -0.2) is 19.7 Å². The second kappa shape index (κ2) is 5.35. The third-order valence-corrected chi connectivity index (χ3v) is 3.39. The largest absolute Gasteiger partial charge is 0.497 e. The van der Waals surface area contributed by atoms with E-state index in [9.17, 15) is 0 Å². The Morgan fingerprint density at radius 2 is 2.44 bits per heavy atom. The molecule has 1 N–H and O–H groups in total. The number of rotatable bonds is 6. The fourth-order valence-electron chi connectivity index (χ4n) is 2.07. The Bertz CT molecular complexity index is 302. The topological polar surface area (TPSA) is 21.3 Å². The van der Waals surface area contributed by atoms with Crippen LogP contribution in [0.25, 0.3) is 0 Å². The minimum atomic E-state index is 0.395. The lowest BCUT2D eigenvalue weighted by Crippen LogP contribution is -2.35. The van der Waals surface area contributed by atoms with Gasteiger partial charge in [0.2, 0.25) is 0 Å². The van der Waals surface area contributed by atoms with Crippen molar-refractivity contribution in [3.63, 3.8) is 0 Å². The second-order valence-electron chi connectivity index (χ2n) is 4.68. The summed E-state index contributed by atoms with van der Waals surface area (Å²) < 4.78 is 5.19. The fraction of sp³-hybridized carbons (Fsp3) is 0.571. The minimum Gasteiger partial charge on any atom is -0.497 e. The summed E-state index contributed by atoms with van der Waals surface area (Å²) in [5.74, 6) is 2.41. The smallest absolute Gasteiger partial charge is 0.114 e. The van der Waals surface area contributed by atoms with E-state index in [0.29, 0.717) is 12.0 Å². The predicted octanol–water partition coefficient (Wildman–Crippen LogP) is 2.65. The van der Waals surface area contributed by atoms with E-state index in [1.54, 1.807) is 7.11 Å². The number of ether oxygens (including phenoxy) is 1. The standard InChI is InChI=1S/C14H21NO/c1-3-14(15-10-11-4-5-11)12-6-8-13(16-2)9-7-12/h3,6,8-9,11-12,14-15H,1,4-5,7,10H2,2H3/t12-,14?/m0/s1. The molecule has 0 amide bonds. The monoisotopic (exact) mass is 219 g/mol. The molecule has 2 rings (SSSR count). The minimum absolute atomic E-state index is 0.395. The van der Waals surface area contributed by atoms with Gasteiger partial charge in [-0.2, -0.15) is 0 Å². The van der Waals surface area contributed by atoms with Crippen molar-refractivity contribution >= 4 is 0 Å². The normalized spacial score (nSPS) is 26.1. The molecule has 0 aromatic heterocycles. The van der Waals surface area contributed by atoms with Gasteiger partial charge in [0.05, 0.1) is 7.11 Å². The molecule has 0 aromatic rings. The van der Waals surface area contributed by atoms with Crippen LogP contribution >= 0.6 is 0 Å². The molecule has 0 aromatic carbocycles. The van der Waals surface area contributed by atoms with Crippen molar-refractivity contribution in [2.75, 3.05) is 13.7 Å². The molecular weight excluding hydrogens is 198 g/mol. The van der Waals surface area contributed by atoms with Gasteiger partial charge in [-0.25, -0.2) is 0 Å². The van der Waals surface area contributed by atoms with E-state index in [1.807, 2.05) is 6.08 Å². The zero-order valence-electron chi connectivity index (χ0n) is 9.99. The van der Waals surface area contributed by atoms with Gasteiger partial charge in [-0.1, -0.05) is 12.2 Å². The molecule has 88 valence electrons. The Morgan fingerprint density at radius 3 is 2.94 bits per heavy atom. The summed E-state index contributed by atoms with van der Waals surface area (Å²) in [6, 6.07) is 0.395. The highest BCUT2D eigenvalue weighted by Gasteiger charge is 2.24. The Balaban J connectivity index is 1.82. The maximum atomic E-state index is 5.19. The number of hydrogen-bond donors (Lipinski definition) is 1. The highest BCUT2D eigenvalue weighted by atomic mass is 16.5. The van der Waals surface area contributed by atoms with Crippen molar-refractivity contribution in [3.8, 4) is 0 Å². The van der Waals surface area contributed by atoms with E-state index >= 15 is 0 Å². The molecule has 0 radical (unpaired) electrons. The molecule has 0 spiro atoms. The van der Waals surface area contributed by atoms with E-state index in [-0.39, 0.29) is 0 Å². The van der Waals surface area contributed by atoms with Gasteiger partial charge in [-0.3, -0.25) is 0 Å². The molecule has 1 unspecified atom stereocenters. The fourth-order valence-corrected chi connectivity index (χ4v) is 2.07. The van der Waals surface area contributed by atoms with Gasteiger partial charge in [0.25, 0.3) is 0 Å². The van der Waals surface area contributed by atoms with Crippen molar-refractivity contribution in [2.45, 2.75) is 25.3 Å². The van der Waals surface area contributed by atoms with E-state index in [4.69, 9.17) is 4.74 Å². The zero-order valence-corrected chi connectivity index (χ0v) is 9.99. The lowest BCUT2D eigenvalue weighted by Gasteiger charge is -2.24. The summed E-state index contributed by atoms with van der Waals surface area (Å²) in [4.78, 5) is 0. The van der Waals surface area contributed by atoms with Gasteiger partial charge < -0.3 is 10.1 Å². The maximum Gasteiger partial charge on any atom is 0.114 e. The average Bonchev–Trinajstić information content (AvgIpc) is 3.15. The summed E-state index contributed by atoms with van der Waals surface area (Å²) in [7, 11) is 1.72. The molecule has 0 saturated heterocycles. The van der Waals surface area contributed by atoms with E-state index in [0.717, 1.165) is 24.6 Å². The number of nitrogens with one attached hydrogen (secondary N) is 1. The van der Waals surface area contributed by atoms with Gasteiger partial charge >= 0.3 is 0 Å². The Labute approximate surface area is 98.1 Å². The van der Waals surface area contributed by atoms with Crippen molar-refractivity contribution in [3.05, 3.63) is 36.6 Å². The van der Waals surface area contributed by atoms with Crippen LogP contribution in [-0.2, 0) is 4.74 Å². The van der Waals surface area contributed by atoms with Crippen LogP contribution in [0.2, 0.25) is 0 Å². The maximum absolute atomic E-state index is 5.19. The third kappa shape index (κ3) is 2.99. The Kier molecular flexibility index (Phi) is 3.83. The van der Waals surface area contributed by atoms with Gasteiger partial charge in [0.15, 0.2) is 0 Å². The van der Waals surface area contributed by atoms with Crippen LogP contribution in [0.15, 0.2) is 36.6 Å². The first-order valence-corrected chi connectivity index (χ1v) is 6.11. The molecule has 2 aliphatic carbocycles. The van der Waals surface area contributed by atoms with Gasteiger partial charge in [-0.05, 0) is 49.8 Å². The van der Waals surface area contributed by atoms with E-state index in [1.165, 1.54) is 12.8 Å². The highest BCUT2D eigenvalue weighted by Crippen LogP contribution is 2.28. The first-order chi connectivity index (χ1) is 7.83. The van der Waals surface area contributed by atoms with Crippen LogP contribution < -0.4 is 5.32 Å². The molecular formula is C14H21NO.